The van der Waals surface area contributed by atoms with Crippen LogP contribution in [0.25, 0.3) is 6.08 Å². The van der Waals surface area contributed by atoms with Crippen molar-refractivity contribution in [2.24, 2.45) is 0 Å². The van der Waals surface area contributed by atoms with Crippen molar-refractivity contribution in [3.63, 3.8) is 0 Å². The standard InChI is InChI=1S/C22H25ClN2OS2/c23-19-7-4-6-18(15-19)22-25(12-5-11-24-9-2-1-3-10-24)21(26)20(28-22)14-17-8-13-27-16-17/h4,6-8,13-16,22H,1-3,5,9-12H2. The summed E-state index contributed by atoms with van der Waals surface area (Å²) in [4.78, 5) is 18.6. The summed E-state index contributed by atoms with van der Waals surface area (Å²) < 4.78 is 0. The van der Waals surface area contributed by atoms with E-state index in [9.17, 15) is 4.79 Å². The normalized spacial score (nSPS) is 22.3. The van der Waals surface area contributed by atoms with Crippen molar-refractivity contribution < 1.29 is 4.79 Å². The second-order valence-electron chi connectivity index (χ2n) is 7.34. The Morgan fingerprint density at radius 3 is 2.75 bits per heavy atom. The molecule has 2 fully saturated rings. The molecule has 0 aliphatic carbocycles. The van der Waals surface area contributed by atoms with Crippen LogP contribution >= 0.6 is 34.7 Å². The molecule has 28 heavy (non-hydrogen) atoms. The smallest absolute Gasteiger partial charge is 0.261 e. The Labute approximate surface area is 180 Å². The number of thioether (sulfide) groups is 1. The van der Waals surface area contributed by atoms with Crippen LogP contribution in [0.2, 0.25) is 5.02 Å². The van der Waals surface area contributed by atoms with E-state index in [2.05, 4.69) is 22.4 Å². The Morgan fingerprint density at radius 1 is 1.14 bits per heavy atom. The lowest BCUT2D eigenvalue weighted by molar-refractivity contribution is -0.126. The summed E-state index contributed by atoms with van der Waals surface area (Å²) in [6.45, 7) is 4.24. The highest BCUT2D eigenvalue weighted by Gasteiger charge is 2.36. The highest BCUT2D eigenvalue weighted by Crippen LogP contribution is 2.46. The Bertz CT molecular complexity index is 831. The number of halogens is 1. The SMILES string of the molecule is O=C1C(=Cc2ccsc2)SC(c2cccc(Cl)c2)N1CCCN1CCCCC1. The number of rotatable bonds is 6. The van der Waals surface area contributed by atoms with Crippen molar-refractivity contribution in [3.8, 4) is 0 Å². The first-order valence-electron chi connectivity index (χ1n) is 9.90. The summed E-state index contributed by atoms with van der Waals surface area (Å²) in [6.07, 6.45) is 6.99. The van der Waals surface area contributed by atoms with E-state index in [1.165, 1.54) is 32.4 Å². The molecule has 2 aliphatic heterocycles. The maximum Gasteiger partial charge on any atom is 0.261 e. The molecule has 1 atom stereocenters. The summed E-state index contributed by atoms with van der Waals surface area (Å²) in [5, 5.41) is 4.83. The molecule has 0 spiro atoms. The molecule has 3 nitrogen and oxygen atoms in total. The first-order valence-corrected chi connectivity index (χ1v) is 12.1. The van der Waals surface area contributed by atoms with Crippen LogP contribution in [0.1, 0.15) is 42.2 Å². The molecule has 148 valence electrons. The van der Waals surface area contributed by atoms with Crippen LogP contribution in [0.5, 0.6) is 0 Å². The lowest BCUT2D eigenvalue weighted by Crippen LogP contribution is -2.34. The summed E-state index contributed by atoms with van der Waals surface area (Å²) in [6, 6.07) is 9.96. The number of carbonyl (C=O) groups is 1. The van der Waals surface area contributed by atoms with Gasteiger partial charge in [-0.25, -0.2) is 0 Å². The number of likely N-dealkylation sites (tertiary alicyclic amines) is 1. The quantitative estimate of drug-likeness (QED) is 0.531. The lowest BCUT2D eigenvalue weighted by atomic mass is 10.1. The number of amides is 1. The van der Waals surface area contributed by atoms with Crippen molar-refractivity contribution in [1.29, 1.82) is 0 Å². The van der Waals surface area contributed by atoms with Crippen molar-refractivity contribution in [2.45, 2.75) is 31.1 Å². The zero-order valence-corrected chi connectivity index (χ0v) is 18.2. The van der Waals surface area contributed by atoms with Gasteiger partial charge in [-0.05, 0) is 85.1 Å². The van der Waals surface area contributed by atoms with Gasteiger partial charge >= 0.3 is 0 Å². The molecule has 3 heterocycles. The number of carbonyl (C=O) groups excluding carboxylic acids is 1. The third kappa shape index (κ3) is 4.82. The van der Waals surface area contributed by atoms with Crippen molar-refractivity contribution in [1.82, 2.24) is 9.80 Å². The van der Waals surface area contributed by atoms with E-state index in [4.69, 9.17) is 11.6 Å². The highest BCUT2D eigenvalue weighted by molar-refractivity contribution is 8.04. The molecule has 1 aromatic carbocycles. The highest BCUT2D eigenvalue weighted by atomic mass is 35.5. The fourth-order valence-electron chi connectivity index (χ4n) is 3.86. The summed E-state index contributed by atoms with van der Waals surface area (Å²) in [5.41, 5.74) is 2.19. The van der Waals surface area contributed by atoms with Crippen LogP contribution in [0.4, 0.5) is 0 Å². The van der Waals surface area contributed by atoms with Crippen LogP contribution in [-0.4, -0.2) is 41.9 Å². The van der Waals surface area contributed by atoms with Gasteiger partial charge in [0.05, 0.1) is 4.91 Å². The second kappa shape index (κ2) is 9.49. The van der Waals surface area contributed by atoms with Gasteiger partial charge in [0.15, 0.2) is 0 Å². The molecule has 0 saturated carbocycles. The van der Waals surface area contributed by atoms with E-state index in [1.807, 2.05) is 34.6 Å². The fourth-order valence-corrected chi connectivity index (χ4v) is 5.95. The predicted octanol–water partition coefficient (Wildman–Crippen LogP) is 5.89. The molecule has 0 bridgehead atoms. The Kier molecular flexibility index (Phi) is 6.78. The minimum Gasteiger partial charge on any atom is -0.322 e. The number of thiophene rings is 1. The van der Waals surface area contributed by atoms with Crippen molar-refractivity contribution in [2.75, 3.05) is 26.2 Å². The molecular formula is C22H25ClN2OS2. The Hall–Kier alpha value is -1.27. The molecule has 1 unspecified atom stereocenters. The van der Waals surface area contributed by atoms with Gasteiger partial charge in [0.2, 0.25) is 0 Å². The number of piperidine rings is 1. The van der Waals surface area contributed by atoms with E-state index in [0.717, 1.165) is 35.5 Å². The molecule has 0 N–H and O–H groups in total. The lowest BCUT2D eigenvalue weighted by Gasteiger charge is -2.28. The van der Waals surface area contributed by atoms with Crippen LogP contribution in [-0.2, 0) is 4.79 Å². The van der Waals surface area contributed by atoms with Gasteiger partial charge in [0.1, 0.15) is 5.37 Å². The zero-order valence-electron chi connectivity index (χ0n) is 15.9. The van der Waals surface area contributed by atoms with Crippen LogP contribution in [0.3, 0.4) is 0 Å². The first kappa shape index (κ1) is 20.0. The van der Waals surface area contributed by atoms with E-state index < -0.39 is 0 Å². The van der Waals surface area contributed by atoms with Crippen LogP contribution in [0.15, 0.2) is 46.0 Å². The van der Waals surface area contributed by atoms with Gasteiger partial charge in [-0.3, -0.25) is 4.79 Å². The predicted molar refractivity (Wildman–Crippen MR) is 121 cm³/mol. The third-order valence-corrected chi connectivity index (χ3v) is 7.52. The van der Waals surface area contributed by atoms with E-state index >= 15 is 0 Å². The first-order chi connectivity index (χ1) is 13.7. The Morgan fingerprint density at radius 2 is 2.00 bits per heavy atom. The van der Waals surface area contributed by atoms with Crippen LogP contribution < -0.4 is 0 Å². The molecule has 0 radical (unpaired) electrons. The summed E-state index contributed by atoms with van der Waals surface area (Å²) in [5.74, 6) is 0.139. The Balaban J connectivity index is 1.50. The molecule has 2 saturated heterocycles. The molecule has 1 aromatic heterocycles. The molecule has 1 amide bonds. The maximum atomic E-state index is 13.2. The van der Waals surface area contributed by atoms with Crippen molar-refractivity contribution in [3.05, 3.63) is 62.1 Å². The largest absolute Gasteiger partial charge is 0.322 e. The monoisotopic (exact) mass is 432 g/mol. The molecular weight excluding hydrogens is 408 g/mol. The molecule has 4 rings (SSSR count). The minimum atomic E-state index is -0.00237. The van der Waals surface area contributed by atoms with Gasteiger partial charge in [0, 0.05) is 11.6 Å². The van der Waals surface area contributed by atoms with E-state index in [-0.39, 0.29) is 11.3 Å². The van der Waals surface area contributed by atoms with Gasteiger partial charge in [-0.2, -0.15) is 11.3 Å². The number of hydrogen-bond acceptors (Lipinski definition) is 4. The number of hydrogen-bond donors (Lipinski definition) is 0. The third-order valence-electron chi connectivity index (χ3n) is 5.29. The maximum absolute atomic E-state index is 13.2. The molecule has 6 heteroatoms. The van der Waals surface area contributed by atoms with Gasteiger partial charge in [-0.15, -0.1) is 0 Å². The van der Waals surface area contributed by atoms with Gasteiger partial charge < -0.3 is 9.80 Å². The second-order valence-corrected chi connectivity index (χ2v) is 9.68. The number of nitrogens with zero attached hydrogens (tertiary/aromatic N) is 2. The van der Waals surface area contributed by atoms with E-state index in [1.54, 1.807) is 23.1 Å². The fraction of sp³-hybridized carbons (Fsp3) is 0.409. The van der Waals surface area contributed by atoms with E-state index in [0.29, 0.717) is 5.02 Å². The van der Waals surface area contributed by atoms with Gasteiger partial charge in [0.25, 0.3) is 5.91 Å². The van der Waals surface area contributed by atoms with Gasteiger partial charge in [-0.1, -0.05) is 41.9 Å². The van der Waals surface area contributed by atoms with Crippen LogP contribution in [0, 0.1) is 0 Å². The molecule has 2 aromatic rings. The zero-order chi connectivity index (χ0) is 19.3. The summed E-state index contributed by atoms with van der Waals surface area (Å²) in [7, 11) is 0. The number of benzene rings is 1. The average molecular weight is 433 g/mol. The van der Waals surface area contributed by atoms with Crippen molar-refractivity contribution >= 4 is 46.7 Å². The topological polar surface area (TPSA) is 23.6 Å². The average Bonchev–Trinajstić information content (AvgIpc) is 3.32. The minimum absolute atomic E-state index is 0.00237. The summed E-state index contributed by atoms with van der Waals surface area (Å²) >= 11 is 9.53. The molecule has 2 aliphatic rings.